The van der Waals surface area contributed by atoms with Gasteiger partial charge in [-0.2, -0.15) is 0 Å². The van der Waals surface area contributed by atoms with E-state index in [2.05, 4.69) is 0 Å². The molecule has 0 saturated heterocycles. The predicted octanol–water partition coefficient (Wildman–Crippen LogP) is 3.95. The van der Waals surface area contributed by atoms with Crippen LogP contribution in [-0.2, 0) is 20.6 Å². The molecule has 13 nitrogen and oxygen atoms in total. The van der Waals surface area contributed by atoms with E-state index in [-0.39, 0.29) is 0 Å². The van der Waals surface area contributed by atoms with E-state index in [9.17, 15) is 38.4 Å². The van der Waals surface area contributed by atoms with Gasteiger partial charge in [0.1, 0.15) is 0 Å². The molecule has 2 unspecified atom stereocenters. The van der Waals surface area contributed by atoms with Crippen molar-refractivity contribution in [2.75, 3.05) is 0 Å². The van der Waals surface area contributed by atoms with Crippen molar-refractivity contribution in [2.45, 2.75) is 78.6 Å². The van der Waals surface area contributed by atoms with Gasteiger partial charge in [0, 0.05) is 0 Å². The summed E-state index contributed by atoms with van der Waals surface area (Å²) < 4.78 is 28.7. The highest BCUT2D eigenvalue weighted by atomic mass is 28.5. The van der Waals surface area contributed by atoms with Crippen molar-refractivity contribution in [3.8, 4) is 0 Å². The largest absolute Gasteiger partial charge is 0.415 e. The van der Waals surface area contributed by atoms with Crippen molar-refractivity contribution in [3.63, 3.8) is 0 Å². The van der Waals surface area contributed by atoms with Gasteiger partial charge in [-0.15, -0.1) is 0 Å². The molecule has 8 N–H and O–H groups in total. The predicted molar refractivity (Wildman–Crippen MR) is 302 cm³/mol. The first-order valence-corrected chi connectivity index (χ1v) is 45.5. The first-order valence-electron chi connectivity index (χ1n) is 22.8. The molecule has 0 aliphatic rings. The second-order valence-electron chi connectivity index (χ2n) is 19.1. The van der Waals surface area contributed by atoms with Crippen molar-refractivity contribution >= 4 is 108 Å². The van der Waals surface area contributed by atoms with E-state index in [1.165, 1.54) is 0 Å². The Bertz CT molecular complexity index is 2260. The second-order valence-corrected chi connectivity index (χ2v) is 47.6. The standard InChI is InChI=1S/C16H24O4Si3.C14H18O3Si2.2C9H16O3Si2/c1-21(2,17)19-22(3,4)20-23(18,15-11-7-5-8-12-15)16-13-9-6-10-14-16;1-18(2,15)17-19(16,13-9-5-3-6-10-13)14-11-7-4-8-12-14;2*1-13(2,10)12-14(3,11)9-7-5-4-6-8-9/h5-14,17-18H,1-4H3;3-12,15-16H,1-2H3;2*4-8,10-11H,1-3H3. The molecule has 2 atom stereocenters. The molecule has 6 aromatic carbocycles. The molecule has 0 aromatic heterocycles. The Morgan fingerprint density at radius 3 is 0.614 bits per heavy atom. The lowest BCUT2D eigenvalue weighted by molar-refractivity contribution is 0.300. The molecular formula is C48H74O13Si9. The highest BCUT2D eigenvalue weighted by Gasteiger charge is 2.47. The van der Waals surface area contributed by atoms with Gasteiger partial charge >= 0.3 is 77.0 Å². The van der Waals surface area contributed by atoms with Crippen molar-refractivity contribution in [1.29, 1.82) is 0 Å². The molecule has 70 heavy (non-hydrogen) atoms. The van der Waals surface area contributed by atoms with E-state index in [1.807, 2.05) is 195 Å². The van der Waals surface area contributed by atoms with Crippen LogP contribution in [0.15, 0.2) is 182 Å². The molecule has 0 heterocycles. The Morgan fingerprint density at radius 1 is 0.229 bits per heavy atom. The third kappa shape index (κ3) is 21.5. The van der Waals surface area contributed by atoms with Crippen molar-refractivity contribution in [2.24, 2.45) is 0 Å². The Balaban J connectivity index is 0.000000253. The fourth-order valence-corrected chi connectivity index (χ4v) is 33.7. The van der Waals surface area contributed by atoms with Gasteiger partial charge in [-0.25, -0.2) is 0 Å². The first-order chi connectivity index (χ1) is 32.2. The summed E-state index contributed by atoms with van der Waals surface area (Å²) in [5.74, 6) is 0. The molecule has 380 valence electrons. The van der Waals surface area contributed by atoms with Gasteiger partial charge in [0.05, 0.1) is 0 Å². The van der Waals surface area contributed by atoms with Crippen LogP contribution in [0.1, 0.15) is 0 Å². The van der Waals surface area contributed by atoms with E-state index >= 15 is 0 Å². The van der Waals surface area contributed by atoms with Gasteiger partial charge in [-0.1, -0.05) is 182 Å². The van der Waals surface area contributed by atoms with Crippen molar-refractivity contribution < 1.29 is 58.9 Å². The van der Waals surface area contributed by atoms with Gasteiger partial charge in [0.15, 0.2) is 0 Å². The topological polar surface area (TPSA) is 208 Å². The lowest BCUT2D eigenvalue weighted by Crippen LogP contribution is -2.67. The quantitative estimate of drug-likeness (QED) is 0.0648. The molecule has 0 radical (unpaired) electrons. The molecule has 0 saturated carbocycles. The molecule has 0 amide bonds. The molecule has 0 bridgehead atoms. The summed E-state index contributed by atoms with van der Waals surface area (Å²) in [6, 6.07) is 56.0. The number of benzene rings is 6. The van der Waals surface area contributed by atoms with Crippen LogP contribution in [0.2, 0.25) is 78.6 Å². The third-order valence-corrected chi connectivity index (χ3v) is 34.2. The maximum Gasteiger partial charge on any atom is 0.395 e. The molecule has 0 fully saturated rings. The zero-order valence-corrected chi connectivity index (χ0v) is 51.4. The molecule has 6 rings (SSSR count). The van der Waals surface area contributed by atoms with Crippen LogP contribution < -0.4 is 31.1 Å². The smallest absolute Gasteiger partial charge is 0.395 e. The normalized spacial score (nSPS) is 14.2. The summed E-state index contributed by atoms with van der Waals surface area (Å²) in [7, 11) is -26.2. The summed E-state index contributed by atoms with van der Waals surface area (Å²) in [5, 5.41) is 4.61. The van der Waals surface area contributed by atoms with Crippen LogP contribution in [0.4, 0.5) is 0 Å². The van der Waals surface area contributed by atoms with E-state index in [0.717, 1.165) is 31.1 Å². The molecule has 6 aromatic rings. The van der Waals surface area contributed by atoms with Gasteiger partial charge in [-0.05, 0) is 110 Å². The summed E-state index contributed by atoms with van der Waals surface area (Å²) in [6.07, 6.45) is 0. The Morgan fingerprint density at radius 2 is 0.414 bits per heavy atom. The van der Waals surface area contributed by atoms with Gasteiger partial charge < -0.3 is 58.9 Å². The summed E-state index contributed by atoms with van der Waals surface area (Å²) >= 11 is 0. The van der Waals surface area contributed by atoms with E-state index < -0.39 is 77.0 Å². The maximum absolute atomic E-state index is 11.5. The SMILES string of the molecule is C[Si](C)(O)O[Si](C)(C)O[Si](O)(c1ccccc1)c1ccccc1.C[Si](C)(O)O[Si](C)(O)c1ccccc1.C[Si](C)(O)O[Si](C)(O)c1ccccc1.C[Si](C)(O)O[Si](O)(c1ccccc1)c1ccccc1. The average molecular weight is 1110 g/mol. The molecule has 22 heteroatoms. The van der Waals surface area contributed by atoms with Crippen LogP contribution in [0, 0.1) is 0 Å². The van der Waals surface area contributed by atoms with Gasteiger partial charge in [0.25, 0.3) is 0 Å². The van der Waals surface area contributed by atoms with Crippen LogP contribution >= 0.6 is 0 Å². The number of rotatable bonds is 16. The van der Waals surface area contributed by atoms with E-state index in [4.69, 9.17) is 20.6 Å². The number of hydrogen-bond acceptors (Lipinski definition) is 13. The van der Waals surface area contributed by atoms with E-state index in [1.54, 1.807) is 65.5 Å². The van der Waals surface area contributed by atoms with Crippen LogP contribution in [0.25, 0.3) is 0 Å². The summed E-state index contributed by atoms with van der Waals surface area (Å²) in [5.41, 5.74) is 0. The fraction of sp³-hybridized carbons (Fsp3) is 0.250. The maximum atomic E-state index is 11.5. The minimum atomic E-state index is -3.39. The monoisotopic (exact) mass is 1110 g/mol. The summed E-state index contributed by atoms with van der Waals surface area (Å²) in [6.45, 7) is 20.4. The molecule has 0 aliphatic carbocycles. The van der Waals surface area contributed by atoms with E-state index in [0.29, 0.717) is 0 Å². The summed E-state index contributed by atoms with van der Waals surface area (Å²) in [4.78, 5) is 82.2. The highest BCUT2D eigenvalue weighted by Crippen LogP contribution is 2.19. The van der Waals surface area contributed by atoms with Crippen molar-refractivity contribution in [1.82, 2.24) is 0 Å². The zero-order valence-electron chi connectivity index (χ0n) is 42.4. The lowest BCUT2D eigenvalue weighted by atomic mass is 10.4. The van der Waals surface area contributed by atoms with Gasteiger partial charge in [0.2, 0.25) is 0 Å². The average Bonchev–Trinajstić information content (AvgIpc) is 3.26. The minimum absolute atomic E-state index is 0.746. The fourth-order valence-electron chi connectivity index (χ4n) is 7.15. The van der Waals surface area contributed by atoms with Crippen LogP contribution in [0.5, 0.6) is 0 Å². The highest BCUT2D eigenvalue weighted by molar-refractivity contribution is 6.98. The minimum Gasteiger partial charge on any atom is -0.415 e. The Labute approximate surface area is 425 Å². The molecule has 0 spiro atoms. The lowest BCUT2D eigenvalue weighted by Gasteiger charge is -2.36. The van der Waals surface area contributed by atoms with Crippen LogP contribution in [-0.4, -0.2) is 115 Å². The first kappa shape index (κ1) is 61.1. The zero-order chi connectivity index (χ0) is 52.7. The Kier molecular flexibility index (Phi) is 22.3. The van der Waals surface area contributed by atoms with Crippen molar-refractivity contribution in [3.05, 3.63) is 182 Å². The Hall–Kier alpha value is -3.25. The molecule has 0 aliphatic heterocycles. The third-order valence-electron chi connectivity index (χ3n) is 9.46. The van der Waals surface area contributed by atoms with Gasteiger partial charge in [-0.3, -0.25) is 0 Å². The number of hydrogen-bond donors (Lipinski definition) is 8. The second kappa shape index (κ2) is 25.6. The molecular weight excluding hydrogens is 1040 g/mol. The van der Waals surface area contributed by atoms with Crippen LogP contribution in [0.3, 0.4) is 0 Å².